The number of ether oxygens (including phenoxy) is 1. The number of rotatable bonds is 51. The second-order valence-corrected chi connectivity index (χ2v) is 19.3. The Hall–Kier alpha value is -3.22. The summed E-state index contributed by atoms with van der Waals surface area (Å²) in [4.78, 5) is 26.2. The second-order valence-electron chi connectivity index (χ2n) is 19.3. The van der Waals surface area contributed by atoms with Crippen LogP contribution in [0, 0.1) is 0 Å². The molecule has 0 aliphatic carbocycles. The van der Waals surface area contributed by atoms with E-state index in [2.05, 4.69) is 111 Å². The molecule has 0 rings (SSSR count). The Balaban J connectivity index is 4.68. The third kappa shape index (κ3) is 51.0. The minimum atomic E-state index is -0.820. The standard InChI is InChI=1S/C63H109NO5/c1-4-7-10-13-16-19-22-25-28-30-31-32-35-38-41-44-47-50-53-56-63(68)69-59(54-51-48-45-42-39-36-33-27-24-21-18-15-12-9-6-3)57-62(67)64-60(58-65)61(66)55-52-49-46-43-40-37-34-29-26-23-20-17-14-11-8-5-2/h9,12,16,18-19,21,25,27-28,31-33,39,42,48,51,59-61,65-66H,4-8,10-11,13-15,17,20,22-24,26,29-30,34-38,40-41,43-47,49-50,52-58H2,1-3H3,(H,64,67)/b12-9-,19-16-,21-18-,28-25-,32-31-,33-27-,42-39-,51-48-. The van der Waals surface area contributed by atoms with Crippen LogP contribution in [0.4, 0.5) is 0 Å². The van der Waals surface area contributed by atoms with Crippen molar-refractivity contribution in [3.63, 3.8) is 0 Å². The fraction of sp³-hybridized carbons (Fsp3) is 0.714. The van der Waals surface area contributed by atoms with Crippen molar-refractivity contribution < 1.29 is 24.5 Å². The molecule has 6 heteroatoms. The number of hydrogen-bond donors (Lipinski definition) is 3. The van der Waals surface area contributed by atoms with Crippen LogP contribution in [0.1, 0.15) is 265 Å². The number of unbranched alkanes of at least 4 members (excludes halogenated alkanes) is 24. The molecule has 0 radical (unpaired) electrons. The maximum absolute atomic E-state index is 13.3. The molecule has 69 heavy (non-hydrogen) atoms. The number of esters is 1. The Morgan fingerprint density at radius 1 is 0.449 bits per heavy atom. The molecule has 0 heterocycles. The molecule has 3 atom stereocenters. The van der Waals surface area contributed by atoms with Gasteiger partial charge in [0, 0.05) is 12.8 Å². The molecule has 3 unspecified atom stereocenters. The van der Waals surface area contributed by atoms with E-state index >= 15 is 0 Å². The molecule has 0 saturated heterocycles. The Morgan fingerprint density at radius 2 is 0.812 bits per heavy atom. The molecule has 0 fully saturated rings. The maximum atomic E-state index is 13.3. The highest BCUT2D eigenvalue weighted by molar-refractivity contribution is 5.77. The van der Waals surface area contributed by atoms with Crippen LogP contribution in [0.3, 0.4) is 0 Å². The zero-order chi connectivity index (χ0) is 50.2. The van der Waals surface area contributed by atoms with Crippen LogP contribution in [-0.4, -0.2) is 46.9 Å². The smallest absolute Gasteiger partial charge is 0.306 e. The number of hydrogen-bond acceptors (Lipinski definition) is 5. The van der Waals surface area contributed by atoms with Crippen molar-refractivity contribution in [2.75, 3.05) is 6.61 Å². The summed E-state index contributed by atoms with van der Waals surface area (Å²) in [5.74, 6) is -0.595. The van der Waals surface area contributed by atoms with E-state index in [9.17, 15) is 19.8 Å². The molecule has 396 valence electrons. The number of aliphatic hydroxyl groups excluding tert-OH is 2. The average molecular weight is 961 g/mol. The highest BCUT2D eigenvalue weighted by Crippen LogP contribution is 2.17. The third-order valence-electron chi connectivity index (χ3n) is 12.6. The van der Waals surface area contributed by atoms with E-state index < -0.39 is 18.2 Å². The third-order valence-corrected chi connectivity index (χ3v) is 12.6. The molecule has 0 aromatic heterocycles. The molecule has 3 N–H and O–H groups in total. The van der Waals surface area contributed by atoms with E-state index in [1.165, 1.54) is 122 Å². The van der Waals surface area contributed by atoms with Crippen molar-refractivity contribution in [3.05, 3.63) is 97.2 Å². The number of carbonyl (C=O) groups excluding carboxylic acids is 2. The number of carbonyl (C=O) groups is 2. The van der Waals surface area contributed by atoms with Gasteiger partial charge in [-0.05, 0) is 83.5 Å². The fourth-order valence-electron chi connectivity index (χ4n) is 8.28. The highest BCUT2D eigenvalue weighted by atomic mass is 16.5. The van der Waals surface area contributed by atoms with Gasteiger partial charge in [0.2, 0.25) is 5.91 Å². The first-order valence-electron chi connectivity index (χ1n) is 29.0. The SMILES string of the molecule is CC/C=C\C/C=C\C/C=C\C/C=C\C/C=C\CC(CC(=O)NC(CO)C(O)CCCCCCCCCCCCCCCCCC)OC(=O)CCCCCCCC/C=C\C/C=C\C/C=C\CCCCC. The minimum Gasteiger partial charge on any atom is -0.461 e. The van der Waals surface area contributed by atoms with Gasteiger partial charge in [-0.2, -0.15) is 0 Å². The van der Waals surface area contributed by atoms with Crippen molar-refractivity contribution in [2.24, 2.45) is 0 Å². The quantitative estimate of drug-likeness (QED) is 0.0321. The number of nitrogens with one attached hydrogen (secondary N) is 1. The van der Waals surface area contributed by atoms with Gasteiger partial charge in [0.25, 0.3) is 0 Å². The van der Waals surface area contributed by atoms with Gasteiger partial charge in [-0.3, -0.25) is 9.59 Å². The predicted molar refractivity (Wildman–Crippen MR) is 300 cm³/mol. The van der Waals surface area contributed by atoms with Crippen LogP contribution in [0.5, 0.6) is 0 Å². The molecule has 0 aromatic rings. The number of amides is 1. The Kier molecular flexibility index (Phi) is 53.1. The Labute approximate surface area is 426 Å². The van der Waals surface area contributed by atoms with Crippen molar-refractivity contribution >= 4 is 11.9 Å². The Bertz CT molecular complexity index is 1350. The van der Waals surface area contributed by atoms with Crippen molar-refractivity contribution in [2.45, 2.75) is 283 Å². The van der Waals surface area contributed by atoms with Gasteiger partial charge in [-0.1, -0.05) is 259 Å². The topological polar surface area (TPSA) is 95.9 Å². The largest absolute Gasteiger partial charge is 0.461 e. The molecular weight excluding hydrogens is 851 g/mol. The van der Waals surface area contributed by atoms with Crippen molar-refractivity contribution in [1.29, 1.82) is 0 Å². The van der Waals surface area contributed by atoms with E-state index in [-0.39, 0.29) is 24.9 Å². The van der Waals surface area contributed by atoms with Crippen LogP contribution in [-0.2, 0) is 14.3 Å². The summed E-state index contributed by atoms with van der Waals surface area (Å²) in [6, 6.07) is -0.741. The van der Waals surface area contributed by atoms with E-state index in [0.717, 1.165) is 96.3 Å². The molecule has 0 aromatic carbocycles. The molecule has 0 aliphatic rings. The van der Waals surface area contributed by atoms with Gasteiger partial charge in [-0.25, -0.2) is 0 Å². The lowest BCUT2D eigenvalue weighted by atomic mass is 10.0. The zero-order valence-corrected chi connectivity index (χ0v) is 45.2. The molecule has 0 aliphatic heterocycles. The monoisotopic (exact) mass is 960 g/mol. The summed E-state index contributed by atoms with van der Waals surface area (Å²) in [5, 5.41) is 23.8. The minimum absolute atomic E-state index is 0.0103. The van der Waals surface area contributed by atoms with Gasteiger partial charge in [0.1, 0.15) is 6.10 Å². The zero-order valence-electron chi connectivity index (χ0n) is 45.2. The van der Waals surface area contributed by atoms with Crippen LogP contribution >= 0.6 is 0 Å². The highest BCUT2D eigenvalue weighted by Gasteiger charge is 2.23. The van der Waals surface area contributed by atoms with Gasteiger partial charge in [0.15, 0.2) is 0 Å². The fourth-order valence-corrected chi connectivity index (χ4v) is 8.28. The van der Waals surface area contributed by atoms with Crippen molar-refractivity contribution in [3.8, 4) is 0 Å². The van der Waals surface area contributed by atoms with E-state index in [1.807, 2.05) is 12.2 Å². The van der Waals surface area contributed by atoms with Crippen LogP contribution in [0.25, 0.3) is 0 Å². The second kappa shape index (κ2) is 55.7. The molecule has 0 spiro atoms. The van der Waals surface area contributed by atoms with Gasteiger partial charge < -0.3 is 20.3 Å². The molecule has 0 bridgehead atoms. The lowest BCUT2D eigenvalue weighted by Crippen LogP contribution is -2.46. The summed E-state index contributed by atoms with van der Waals surface area (Å²) in [6.45, 7) is 6.33. The maximum Gasteiger partial charge on any atom is 0.306 e. The first-order valence-corrected chi connectivity index (χ1v) is 29.0. The predicted octanol–water partition coefficient (Wildman–Crippen LogP) is 18.1. The van der Waals surface area contributed by atoms with Crippen LogP contribution in [0.2, 0.25) is 0 Å². The van der Waals surface area contributed by atoms with Gasteiger partial charge in [0.05, 0.1) is 25.2 Å². The first-order chi connectivity index (χ1) is 34.0. The molecule has 0 saturated carbocycles. The summed E-state index contributed by atoms with van der Waals surface area (Å²) < 4.78 is 5.89. The van der Waals surface area contributed by atoms with Crippen LogP contribution in [0.15, 0.2) is 97.2 Å². The summed E-state index contributed by atoms with van der Waals surface area (Å²) in [5.41, 5.74) is 0. The number of allylic oxidation sites excluding steroid dienone is 15. The van der Waals surface area contributed by atoms with E-state index in [1.54, 1.807) is 0 Å². The summed E-state index contributed by atoms with van der Waals surface area (Å²) >= 11 is 0. The normalized spacial score (nSPS) is 13.9. The lowest BCUT2D eigenvalue weighted by Gasteiger charge is -2.24. The van der Waals surface area contributed by atoms with Crippen molar-refractivity contribution in [1.82, 2.24) is 5.32 Å². The summed E-state index contributed by atoms with van der Waals surface area (Å²) in [7, 11) is 0. The number of aliphatic hydroxyl groups is 2. The lowest BCUT2D eigenvalue weighted by molar-refractivity contribution is -0.150. The van der Waals surface area contributed by atoms with Gasteiger partial charge >= 0.3 is 5.97 Å². The Morgan fingerprint density at radius 3 is 1.26 bits per heavy atom. The molecule has 1 amide bonds. The van der Waals surface area contributed by atoms with Crippen LogP contribution < -0.4 is 5.32 Å². The van der Waals surface area contributed by atoms with E-state index in [0.29, 0.717) is 19.3 Å². The van der Waals surface area contributed by atoms with E-state index in [4.69, 9.17) is 4.74 Å². The molecule has 6 nitrogen and oxygen atoms in total. The molecular formula is C63H109NO5. The average Bonchev–Trinajstić information content (AvgIpc) is 3.34. The summed E-state index contributed by atoms with van der Waals surface area (Å²) in [6.07, 6.45) is 74.9. The van der Waals surface area contributed by atoms with Gasteiger partial charge in [-0.15, -0.1) is 0 Å². The first kappa shape index (κ1) is 65.8.